The van der Waals surface area contributed by atoms with Crippen LogP contribution in [0, 0.1) is 0 Å². The van der Waals surface area contributed by atoms with Crippen LogP contribution >= 0.6 is 35.1 Å². The molecule has 0 bridgehead atoms. The van der Waals surface area contributed by atoms with Crippen molar-refractivity contribution in [3.63, 3.8) is 0 Å². The fourth-order valence-electron chi connectivity index (χ4n) is 2.27. The lowest BCUT2D eigenvalue weighted by Crippen LogP contribution is -2.27. The minimum atomic E-state index is -0.0239. The molecule has 0 amide bonds. The fraction of sp³-hybridized carbons (Fsp3) is 0. The number of H-pyrrole nitrogens is 1. The summed E-state index contributed by atoms with van der Waals surface area (Å²) in [6.45, 7) is 0. The number of phenolic OH excluding ortho intramolecular Hbond substituents is 1. The Labute approximate surface area is 145 Å². The molecule has 6 nitrogen and oxygen atoms in total. The zero-order valence-corrected chi connectivity index (χ0v) is 13.7. The van der Waals surface area contributed by atoms with Crippen molar-refractivity contribution in [3.05, 3.63) is 40.5 Å². The molecule has 1 aliphatic heterocycles. The molecule has 116 valence electrons. The van der Waals surface area contributed by atoms with Crippen molar-refractivity contribution in [1.29, 1.82) is 0 Å². The first-order valence-electron chi connectivity index (χ1n) is 6.55. The third-order valence-electron chi connectivity index (χ3n) is 3.34. The number of halogens is 2. The highest BCUT2D eigenvalue weighted by Gasteiger charge is 2.21. The maximum Gasteiger partial charge on any atom is 0.211 e. The van der Waals surface area contributed by atoms with Crippen molar-refractivity contribution in [2.45, 2.75) is 4.90 Å². The van der Waals surface area contributed by atoms with Gasteiger partial charge >= 0.3 is 0 Å². The zero-order valence-electron chi connectivity index (χ0n) is 11.4. The predicted molar refractivity (Wildman–Crippen MR) is 93.9 cm³/mol. The number of aromatic hydroxyl groups is 1. The summed E-state index contributed by atoms with van der Waals surface area (Å²) in [7, 11) is 0. The van der Waals surface area contributed by atoms with Crippen LogP contribution in [0.5, 0.6) is 5.75 Å². The highest BCUT2D eigenvalue weighted by Crippen LogP contribution is 2.46. The second-order valence-electron chi connectivity index (χ2n) is 4.80. The van der Waals surface area contributed by atoms with Crippen LogP contribution in [0.15, 0.2) is 40.4 Å². The maximum atomic E-state index is 10.1. The Morgan fingerprint density at radius 2 is 2.13 bits per heavy atom. The Morgan fingerprint density at radius 3 is 3.00 bits per heavy atom. The van der Waals surface area contributed by atoms with Gasteiger partial charge in [-0.05, 0) is 24.1 Å². The number of guanidine groups is 1. The zero-order chi connectivity index (χ0) is 16.0. The third-order valence-corrected chi connectivity index (χ3v) is 5.14. The van der Waals surface area contributed by atoms with E-state index in [0.29, 0.717) is 21.6 Å². The predicted octanol–water partition coefficient (Wildman–Crippen LogP) is 4.29. The van der Waals surface area contributed by atoms with Gasteiger partial charge < -0.3 is 10.4 Å². The molecule has 1 aliphatic rings. The van der Waals surface area contributed by atoms with Gasteiger partial charge in [-0.25, -0.2) is 4.99 Å². The van der Waals surface area contributed by atoms with Crippen LogP contribution in [0.1, 0.15) is 0 Å². The topological polar surface area (TPSA) is 85.3 Å². The number of hydrogen-bond acceptors (Lipinski definition) is 6. The van der Waals surface area contributed by atoms with Gasteiger partial charge in [-0.3, -0.25) is 9.82 Å². The summed E-state index contributed by atoms with van der Waals surface area (Å²) >= 11 is 13.3. The van der Waals surface area contributed by atoms with E-state index < -0.39 is 0 Å². The van der Waals surface area contributed by atoms with E-state index in [0.717, 1.165) is 16.6 Å². The first-order valence-corrected chi connectivity index (χ1v) is 8.12. The van der Waals surface area contributed by atoms with Gasteiger partial charge in [0.1, 0.15) is 11.4 Å². The fourth-order valence-corrected chi connectivity index (χ4v) is 3.53. The molecule has 0 spiro atoms. The molecule has 9 heteroatoms. The van der Waals surface area contributed by atoms with Crippen LogP contribution < -0.4 is 10.0 Å². The van der Waals surface area contributed by atoms with Gasteiger partial charge in [0.25, 0.3) is 0 Å². The molecule has 0 atom stereocenters. The largest absolute Gasteiger partial charge is 0.506 e. The average molecular weight is 366 g/mol. The molecule has 0 fully saturated rings. The van der Waals surface area contributed by atoms with Gasteiger partial charge in [-0.2, -0.15) is 5.10 Å². The lowest BCUT2D eigenvalue weighted by atomic mass is 10.2. The normalized spacial score (nSPS) is 13.4. The summed E-state index contributed by atoms with van der Waals surface area (Å²) in [5.74, 6) is 0.453. The van der Waals surface area contributed by atoms with Crippen molar-refractivity contribution in [2.75, 3.05) is 5.32 Å². The van der Waals surface area contributed by atoms with E-state index in [2.05, 4.69) is 25.2 Å². The van der Waals surface area contributed by atoms with Gasteiger partial charge in [0, 0.05) is 11.5 Å². The molecule has 0 radical (unpaired) electrons. The van der Waals surface area contributed by atoms with Gasteiger partial charge in [-0.1, -0.05) is 29.3 Å². The van der Waals surface area contributed by atoms with Crippen LogP contribution in [0.25, 0.3) is 10.9 Å². The molecule has 0 saturated heterocycles. The molecule has 3 aromatic rings. The van der Waals surface area contributed by atoms with E-state index >= 15 is 0 Å². The van der Waals surface area contributed by atoms with Crippen molar-refractivity contribution in [1.82, 2.24) is 14.9 Å². The minimum absolute atomic E-state index is 0.0239. The first-order chi connectivity index (χ1) is 11.1. The monoisotopic (exact) mass is 365 g/mol. The number of hydrogen-bond donors (Lipinski definition) is 4. The van der Waals surface area contributed by atoms with Gasteiger partial charge in [0.05, 0.1) is 32.3 Å². The number of anilines is 1. The Bertz CT molecular complexity index is 956. The van der Waals surface area contributed by atoms with E-state index in [1.807, 2.05) is 18.2 Å². The van der Waals surface area contributed by atoms with Gasteiger partial charge in [0.15, 0.2) is 0 Å². The van der Waals surface area contributed by atoms with Gasteiger partial charge in [-0.15, -0.1) is 0 Å². The Balaban J connectivity index is 1.74. The molecular formula is C14H9Cl2N5OS. The third kappa shape index (κ3) is 2.46. The quantitative estimate of drug-likeness (QED) is 0.483. The van der Waals surface area contributed by atoms with Crippen LogP contribution in [-0.2, 0) is 0 Å². The number of benzene rings is 2. The van der Waals surface area contributed by atoms with Crippen molar-refractivity contribution >= 4 is 63.4 Å². The number of nitrogens with zero attached hydrogens (tertiary/aromatic N) is 2. The summed E-state index contributed by atoms with van der Waals surface area (Å²) in [4.78, 5) is 4.97. The number of aliphatic imine (C=N–C) groups is 1. The molecule has 23 heavy (non-hydrogen) atoms. The Morgan fingerprint density at radius 1 is 1.26 bits per heavy atom. The second kappa shape index (κ2) is 5.52. The molecule has 4 N–H and O–H groups in total. The van der Waals surface area contributed by atoms with E-state index in [1.54, 1.807) is 6.20 Å². The van der Waals surface area contributed by atoms with Crippen LogP contribution in [0.4, 0.5) is 11.4 Å². The first kappa shape index (κ1) is 14.5. The summed E-state index contributed by atoms with van der Waals surface area (Å²) in [6, 6.07) is 7.13. The highest BCUT2D eigenvalue weighted by atomic mass is 35.5. The van der Waals surface area contributed by atoms with Crippen LogP contribution in [-0.4, -0.2) is 21.3 Å². The van der Waals surface area contributed by atoms with E-state index in [4.69, 9.17) is 23.2 Å². The van der Waals surface area contributed by atoms with E-state index in [1.165, 1.54) is 18.0 Å². The summed E-state index contributed by atoms with van der Waals surface area (Å²) in [5, 5.41) is 21.7. The number of phenols is 1. The number of rotatable bonds is 1. The van der Waals surface area contributed by atoms with E-state index in [9.17, 15) is 5.11 Å². The molecule has 0 aliphatic carbocycles. The van der Waals surface area contributed by atoms with Crippen molar-refractivity contribution in [2.24, 2.45) is 4.99 Å². The maximum absolute atomic E-state index is 10.1. The van der Waals surface area contributed by atoms with E-state index in [-0.39, 0.29) is 10.8 Å². The molecule has 2 aromatic carbocycles. The molecule has 2 heterocycles. The summed E-state index contributed by atoms with van der Waals surface area (Å²) in [6.07, 6.45) is 1.73. The van der Waals surface area contributed by atoms with Crippen LogP contribution in [0.3, 0.4) is 0 Å². The minimum Gasteiger partial charge on any atom is -0.506 e. The number of aromatic amines is 1. The van der Waals surface area contributed by atoms with Crippen molar-refractivity contribution < 1.29 is 5.11 Å². The number of fused-ring (bicyclic) bond motifs is 2. The highest BCUT2D eigenvalue weighted by molar-refractivity contribution is 7.98. The molecule has 1 aromatic heterocycles. The lowest BCUT2D eigenvalue weighted by Gasteiger charge is -2.20. The smallest absolute Gasteiger partial charge is 0.211 e. The molecule has 0 unspecified atom stereocenters. The number of aromatic nitrogens is 2. The SMILES string of the molecule is Oc1cc(Cl)c(Cl)c2c1N=C(Nc1cccc3[nH]ncc13)NS2. The number of nitrogens with one attached hydrogen (secondary N) is 3. The molecular weight excluding hydrogens is 357 g/mol. The molecule has 4 rings (SSSR count). The van der Waals surface area contributed by atoms with Gasteiger partial charge in [0.2, 0.25) is 5.96 Å². The average Bonchev–Trinajstić information content (AvgIpc) is 3.02. The Kier molecular flexibility index (Phi) is 3.48. The second-order valence-corrected chi connectivity index (χ2v) is 6.40. The molecule has 0 saturated carbocycles. The summed E-state index contributed by atoms with van der Waals surface area (Å²) in [5.41, 5.74) is 2.13. The van der Waals surface area contributed by atoms with Crippen molar-refractivity contribution in [3.8, 4) is 5.75 Å². The van der Waals surface area contributed by atoms with Crippen LogP contribution in [0.2, 0.25) is 10.0 Å². The lowest BCUT2D eigenvalue weighted by molar-refractivity contribution is 0.475. The summed E-state index contributed by atoms with van der Waals surface area (Å²) < 4.78 is 3.05. The standard InChI is InChI=1S/C14H9Cl2N5OS/c15-7-4-10(22)12-13(11(7)16)23-21-14(19-12)18-8-2-1-3-9-6(8)5-17-20-9/h1-5,22H,(H,17,20)(H2,18,19,21). The Hall–Kier alpha value is -2.09.